The van der Waals surface area contributed by atoms with Crippen molar-refractivity contribution in [1.29, 1.82) is 0 Å². The molecule has 62 valence electrons. The van der Waals surface area contributed by atoms with Gasteiger partial charge in [0.15, 0.2) is 0 Å². The molecule has 0 unspecified atom stereocenters. The topological polar surface area (TPSA) is 32.6 Å². The van der Waals surface area contributed by atoms with E-state index in [1.807, 2.05) is 0 Å². The fourth-order valence-corrected chi connectivity index (χ4v) is 0.604. The Morgan fingerprint density at radius 1 is 1.36 bits per heavy atom. The second-order valence-corrected chi connectivity index (χ2v) is 2.06. The molecule has 0 amide bonds. The molecule has 0 spiro atoms. The van der Waals surface area contributed by atoms with E-state index in [4.69, 9.17) is 5.21 Å². The maximum atomic E-state index is 7.08. The zero-order valence-corrected chi connectivity index (χ0v) is 9.84. The van der Waals surface area contributed by atoms with Gasteiger partial charge in [-0.15, -0.1) is 5.16 Å². The Hall–Kier alpha value is 0.470. The van der Waals surface area contributed by atoms with Crippen LogP contribution >= 0.6 is 0 Å². The van der Waals surface area contributed by atoms with E-state index in [9.17, 15) is 0 Å². The second-order valence-electron chi connectivity index (χ2n) is 2.06. The van der Waals surface area contributed by atoms with Gasteiger partial charge in [0.25, 0.3) is 0 Å². The molecule has 0 heterocycles. The summed E-state index contributed by atoms with van der Waals surface area (Å²) in [6.45, 7) is 8.65. The molecule has 11 heavy (non-hydrogen) atoms. The Morgan fingerprint density at radius 3 is 2.09 bits per heavy atom. The van der Waals surface area contributed by atoms with Crippen LogP contribution in [0.4, 0.5) is 0 Å². The van der Waals surface area contributed by atoms with E-state index in [2.05, 4.69) is 25.7 Å². The minimum atomic E-state index is 0. The smallest absolute Gasteiger partial charge is 0.411 e. The minimum absolute atomic E-state index is 0. The van der Waals surface area contributed by atoms with Crippen molar-refractivity contribution in [2.24, 2.45) is 5.16 Å². The molecule has 0 rings (SSSR count). The van der Waals surface area contributed by atoms with Crippen LogP contribution in [0.2, 0.25) is 0 Å². The molecule has 0 aromatic carbocycles. The van der Waals surface area contributed by atoms with Gasteiger partial charge in [-0.2, -0.15) is 6.42 Å². The molecule has 0 aromatic heterocycles. The Kier molecular flexibility index (Phi) is 35.7. The van der Waals surface area contributed by atoms with Crippen molar-refractivity contribution in [3.8, 4) is 0 Å². The monoisotopic (exact) mass is 167 g/mol. The summed E-state index contributed by atoms with van der Waals surface area (Å²) >= 11 is 0. The molecule has 3 heteroatoms. The van der Waals surface area contributed by atoms with Gasteiger partial charge in [0.2, 0.25) is 0 Å². The van der Waals surface area contributed by atoms with Gasteiger partial charge in [-0.3, -0.25) is 0 Å². The molecule has 0 saturated heterocycles. The Balaban J connectivity index is -0.000000140. The zero-order chi connectivity index (χ0) is 8.24. The Morgan fingerprint density at radius 2 is 1.82 bits per heavy atom. The zero-order valence-electron chi connectivity index (χ0n) is 7.84. The molecular formula is C8H18NNaO. The maximum absolute atomic E-state index is 7.08. The van der Waals surface area contributed by atoms with Crippen LogP contribution < -0.4 is 29.6 Å². The van der Waals surface area contributed by atoms with Gasteiger partial charge in [-0.1, -0.05) is 32.6 Å². The first-order valence-corrected chi connectivity index (χ1v) is 3.72. The van der Waals surface area contributed by atoms with E-state index in [0.29, 0.717) is 0 Å². The molecule has 2 nitrogen and oxygen atoms in total. The summed E-state index contributed by atoms with van der Waals surface area (Å²) in [4.78, 5) is 0. The molecule has 0 radical (unpaired) electrons. The molecule has 0 aromatic rings. The molecule has 0 atom stereocenters. The first-order valence-electron chi connectivity index (χ1n) is 3.72. The molecule has 0 aliphatic rings. The van der Waals surface area contributed by atoms with Gasteiger partial charge in [-0.25, -0.2) is 0 Å². The number of rotatable bonds is 4. The average molecular weight is 167 g/mol. The summed E-state index contributed by atoms with van der Waals surface area (Å²) in [5.74, 6) is 0. The van der Waals surface area contributed by atoms with E-state index in [-0.39, 0.29) is 29.6 Å². The van der Waals surface area contributed by atoms with E-state index in [1.165, 1.54) is 25.7 Å². The minimum Gasteiger partial charge on any atom is -0.411 e. The number of hydrogen-bond acceptors (Lipinski definition) is 2. The molecule has 0 aliphatic carbocycles. The third kappa shape index (κ3) is 37.6. The van der Waals surface area contributed by atoms with Crippen LogP contribution in [0.3, 0.4) is 0 Å². The molecule has 0 aliphatic heterocycles. The van der Waals surface area contributed by atoms with E-state index in [1.54, 1.807) is 0 Å². The Bertz CT molecular complexity index is 56.1. The summed E-state index contributed by atoms with van der Waals surface area (Å²) in [6.07, 6.45) is 6.52. The van der Waals surface area contributed by atoms with Gasteiger partial charge < -0.3 is 12.1 Å². The van der Waals surface area contributed by atoms with Crippen molar-refractivity contribution in [2.45, 2.75) is 39.0 Å². The quantitative estimate of drug-likeness (QED) is 0.155. The predicted molar refractivity (Wildman–Crippen MR) is 45.5 cm³/mol. The normalized spacial score (nSPS) is 7.09. The second kappa shape index (κ2) is 22.4. The van der Waals surface area contributed by atoms with Crippen LogP contribution in [0.1, 0.15) is 39.0 Å². The SMILES string of the molecule is C=NO.[CH2-]CCCCCC.[Na+]. The van der Waals surface area contributed by atoms with Crippen molar-refractivity contribution in [2.75, 3.05) is 0 Å². The fourth-order valence-electron chi connectivity index (χ4n) is 0.604. The summed E-state index contributed by atoms with van der Waals surface area (Å²) in [6, 6.07) is 0. The standard InChI is InChI=1S/C7H15.CH3NO.Na/c1-3-5-7-6-4-2;1-2-3;/h1,3-7H2,2H3;3H,1H2;/q-1;;+1. The van der Waals surface area contributed by atoms with Gasteiger partial charge >= 0.3 is 29.6 Å². The van der Waals surface area contributed by atoms with Crippen LogP contribution in [-0.2, 0) is 0 Å². The van der Waals surface area contributed by atoms with Crippen molar-refractivity contribution in [1.82, 2.24) is 0 Å². The van der Waals surface area contributed by atoms with Crippen LogP contribution in [-0.4, -0.2) is 11.9 Å². The van der Waals surface area contributed by atoms with Crippen LogP contribution in [0.25, 0.3) is 0 Å². The number of unbranched alkanes of at least 4 members (excludes halogenated alkanes) is 4. The van der Waals surface area contributed by atoms with E-state index in [0.717, 1.165) is 6.42 Å². The molecule has 1 N–H and O–H groups in total. The first-order chi connectivity index (χ1) is 4.83. The fraction of sp³-hybridized carbons (Fsp3) is 0.750. The van der Waals surface area contributed by atoms with Crippen LogP contribution in [0.15, 0.2) is 5.16 Å². The average Bonchev–Trinajstić information content (AvgIpc) is 1.91. The van der Waals surface area contributed by atoms with Crippen molar-refractivity contribution >= 4 is 6.72 Å². The summed E-state index contributed by atoms with van der Waals surface area (Å²) in [5.41, 5.74) is 0. The number of oxime groups is 1. The summed E-state index contributed by atoms with van der Waals surface area (Å²) < 4.78 is 0. The van der Waals surface area contributed by atoms with E-state index >= 15 is 0 Å². The summed E-state index contributed by atoms with van der Waals surface area (Å²) in [5, 5.41) is 9.33. The molecular weight excluding hydrogens is 149 g/mol. The summed E-state index contributed by atoms with van der Waals surface area (Å²) in [7, 11) is 0. The predicted octanol–water partition coefficient (Wildman–Crippen LogP) is -0.129. The number of hydrogen-bond donors (Lipinski definition) is 1. The first kappa shape index (κ1) is 17.5. The van der Waals surface area contributed by atoms with Crippen LogP contribution in [0.5, 0.6) is 0 Å². The molecule has 0 fully saturated rings. The van der Waals surface area contributed by atoms with Gasteiger partial charge in [0.05, 0.1) is 0 Å². The third-order valence-corrected chi connectivity index (χ3v) is 1.10. The maximum Gasteiger partial charge on any atom is 1.00 e. The van der Waals surface area contributed by atoms with Gasteiger partial charge in [-0.05, 0) is 0 Å². The Labute approximate surface area is 92.4 Å². The van der Waals surface area contributed by atoms with Crippen molar-refractivity contribution < 1.29 is 34.8 Å². The number of nitrogens with zero attached hydrogens (tertiary/aromatic N) is 1. The van der Waals surface area contributed by atoms with Crippen LogP contribution in [0, 0.1) is 6.92 Å². The van der Waals surface area contributed by atoms with E-state index < -0.39 is 0 Å². The van der Waals surface area contributed by atoms with Gasteiger partial charge in [0, 0.05) is 6.72 Å². The third-order valence-electron chi connectivity index (χ3n) is 1.10. The largest absolute Gasteiger partial charge is 1.00 e. The van der Waals surface area contributed by atoms with Crippen molar-refractivity contribution in [3.05, 3.63) is 6.92 Å². The molecule has 0 saturated carbocycles. The van der Waals surface area contributed by atoms with Crippen molar-refractivity contribution in [3.63, 3.8) is 0 Å². The van der Waals surface area contributed by atoms with Gasteiger partial charge in [0.1, 0.15) is 0 Å². The molecule has 0 bridgehead atoms.